The Morgan fingerprint density at radius 2 is 1.93 bits per heavy atom. The molecule has 28 heavy (non-hydrogen) atoms. The lowest BCUT2D eigenvalue weighted by molar-refractivity contribution is -0.132. The first-order valence-electron chi connectivity index (χ1n) is 9.34. The van der Waals surface area contributed by atoms with Crippen molar-refractivity contribution in [3.05, 3.63) is 59.7 Å². The van der Waals surface area contributed by atoms with Crippen LogP contribution in [-0.4, -0.2) is 38.9 Å². The van der Waals surface area contributed by atoms with E-state index in [1.807, 2.05) is 55.5 Å². The molecule has 5 nitrogen and oxygen atoms in total. The van der Waals surface area contributed by atoms with Gasteiger partial charge in [0.15, 0.2) is 11.5 Å². The van der Waals surface area contributed by atoms with Gasteiger partial charge in [0.25, 0.3) is 0 Å². The van der Waals surface area contributed by atoms with E-state index < -0.39 is 6.10 Å². The second-order valence-electron chi connectivity index (χ2n) is 6.15. The van der Waals surface area contributed by atoms with Crippen molar-refractivity contribution >= 4 is 5.91 Å². The molecule has 0 bridgehead atoms. The summed E-state index contributed by atoms with van der Waals surface area (Å²) in [6.45, 7) is 3.07. The first kappa shape index (κ1) is 21.3. The molecule has 0 spiro atoms. The van der Waals surface area contributed by atoms with Gasteiger partial charge >= 0.3 is 0 Å². The van der Waals surface area contributed by atoms with Crippen LogP contribution in [0.4, 0.5) is 0 Å². The molecule has 0 radical (unpaired) electrons. The lowest BCUT2D eigenvalue weighted by Gasteiger charge is -2.17. The van der Waals surface area contributed by atoms with Gasteiger partial charge in [-0.2, -0.15) is 0 Å². The Morgan fingerprint density at radius 3 is 2.61 bits per heavy atom. The quantitative estimate of drug-likeness (QED) is 0.608. The second-order valence-corrected chi connectivity index (χ2v) is 6.15. The fourth-order valence-electron chi connectivity index (χ4n) is 2.81. The summed E-state index contributed by atoms with van der Waals surface area (Å²) in [5.41, 5.74) is 2.10. The van der Waals surface area contributed by atoms with Crippen LogP contribution in [0.1, 0.15) is 18.1 Å². The van der Waals surface area contributed by atoms with Gasteiger partial charge in [0.05, 0.1) is 7.11 Å². The largest absolute Gasteiger partial charge is 0.493 e. The Bertz CT molecular complexity index is 783. The molecular weight excluding hydrogens is 354 g/mol. The second kappa shape index (κ2) is 11.7. The van der Waals surface area contributed by atoms with Gasteiger partial charge < -0.3 is 19.5 Å². The highest BCUT2D eigenvalue weighted by Gasteiger charge is 2.18. The number of carbonyl (C=O) groups excluding carboxylic acids is 1. The Balaban J connectivity index is 1.89. The maximum atomic E-state index is 12.5. The molecule has 2 aromatic rings. The van der Waals surface area contributed by atoms with E-state index in [1.165, 1.54) is 0 Å². The minimum Gasteiger partial charge on any atom is -0.493 e. The summed E-state index contributed by atoms with van der Waals surface area (Å²) in [5.74, 6) is 3.55. The number of nitrogens with one attached hydrogen (secondary N) is 1. The molecule has 0 aliphatic rings. The molecule has 0 fully saturated rings. The first-order chi connectivity index (χ1) is 13.7. The first-order valence-corrected chi connectivity index (χ1v) is 9.34. The molecule has 1 amide bonds. The number of hydrogen-bond donors (Lipinski definition) is 1. The van der Waals surface area contributed by atoms with Crippen molar-refractivity contribution < 1.29 is 19.0 Å². The third-order valence-electron chi connectivity index (χ3n) is 4.18. The van der Waals surface area contributed by atoms with E-state index in [4.69, 9.17) is 20.6 Å². The third kappa shape index (κ3) is 6.64. The monoisotopic (exact) mass is 381 g/mol. The summed E-state index contributed by atoms with van der Waals surface area (Å²) in [6, 6.07) is 15.5. The van der Waals surface area contributed by atoms with E-state index in [2.05, 4.69) is 11.2 Å². The molecule has 0 heterocycles. The van der Waals surface area contributed by atoms with Gasteiger partial charge in [0, 0.05) is 19.6 Å². The van der Waals surface area contributed by atoms with Crippen LogP contribution < -0.4 is 14.8 Å². The summed E-state index contributed by atoms with van der Waals surface area (Å²) in [6.07, 6.45) is 5.94. The Labute approximate surface area is 167 Å². The predicted octanol–water partition coefficient (Wildman–Crippen LogP) is 3.01. The van der Waals surface area contributed by atoms with Crippen LogP contribution in [-0.2, 0) is 22.4 Å². The minimum absolute atomic E-state index is 0.105. The third-order valence-corrected chi connectivity index (χ3v) is 4.18. The van der Waals surface area contributed by atoms with Crippen LogP contribution in [0.3, 0.4) is 0 Å². The van der Waals surface area contributed by atoms with Crippen LogP contribution >= 0.6 is 0 Å². The summed E-state index contributed by atoms with van der Waals surface area (Å²) in [4.78, 5) is 12.5. The topological polar surface area (TPSA) is 56.8 Å². The fourth-order valence-corrected chi connectivity index (χ4v) is 2.81. The van der Waals surface area contributed by atoms with Gasteiger partial charge in [0.1, 0.15) is 12.7 Å². The number of ether oxygens (including phenoxy) is 3. The van der Waals surface area contributed by atoms with E-state index >= 15 is 0 Å². The van der Waals surface area contributed by atoms with Crippen LogP contribution in [0.25, 0.3) is 0 Å². The maximum absolute atomic E-state index is 12.5. The SMILES string of the molecule is C#CCOc1ccc(CCNC(=O)C(Cc2ccccc2)OCC)cc1OC. The maximum Gasteiger partial charge on any atom is 0.249 e. The van der Waals surface area contributed by atoms with E-state index in [1.54, 1.807) is 7.11 Å². The lowest BCUT2D eigenvalue weighted by Crippen LogP contribution is -2.38. The van der Waals surface area contributed by atoms with Crippen molar-refractivity contribution in [1.82, 2.24) is 5.32 Å². The summed E-state index contributed by atoms with van der Waals surface area (Å²) in [7, 11) is 1.58. The normalized spacial score (nSPS) is 11.3. The zero-order valence-electron chi connectivity index (χ0n) is 16.4. The van der Waals surface area contributed by atoms with Gasteiger partial charge in [-0.15, -0.1) is 6.42 Å². The highest BCUT2D eigenvalue weighted by molar-refractivity contribution is 5.81. The average Bonchev–Trinajstić information content (AvgIpc) is 2.73. The zero-order chi connectivity index (χ0) is 20.2. The predicted molar refractivity (Wildman–Crippen MR) is 110 cm³/mol. The van der Waals surface area contributed by atoms with Gasteiger partial charge in [-0.25, -0.2) is 0 Å². The smallest absolute Gasteiger partial charge is 0.249 e. The minimum atomic E-state index is -0.499. The molecule has 2 aromatic carbocycles. The van der Waals surface area contributed by atoms with Crippen LogP contribution in [0.15, 0.2) is 48.5 Å². The molecule has 2 rings (SSSR count). The zero-order valence-corrected chi connectivity index (χ0v) is 16.4. The van der Waals surface area contributed by atoms with Crippen molar-refractivity contribution in [3.63, 3.8) is 0 Å². The van der Waals surface area contributed by atoms with Crippen molar-refractivity contribution in [2.75, 3.05) is 26.9 Å². The number of hydrogen-bond acceptors (Lipinski definition) is 4. The van der Waals surface area contributed by atoms with Gasteiger partial charge in [0.2, 0.25) is 5.91 Å². The molecule has 148 valence electrons. The number of carbonyl (C=O) groups is 1. The Morgan fingerprint density at radius 1 is 1.14 bits per heavy atom. The fraction of sp³-hybridized carbons (Fsp3) is 0.348. The van der Waals surface area contributed by atoms with Crippen molar-refractivity contribution in [1.29, 1.82) is 0 Å². The molecule has 0 aliphatic heterocycles. The van der Waals surface area contributed by atoms with E-state index in [-0.39, 0.29) is 12.5 Å². The van der Waals surface area contributed by atoms with E-state index in [0.717, 1.165) is 11.1 Å². The van der Waals surface area contributed by atoms with Crippen molar-refractivity contribution in [3.8, 4) is 23.8 Å². The molecular formula is C23H27NO4. The summed E-state index contributed by atoms with van der Waals surface area (Å²) < 4.78 is 16.4. The van der Waals surface area contributed by atoms with Crippen LogP contribution in [0, 0.1) is 12.3 Å². The summed E-state index contributed by atoms with van der Waals surface area (Å²) in [5, 5.41) is 2.96. The van der Waals surface area contributed by atoms with Gasteiger partial charge in [-0.1, -0.05) is 42.3 Å². The number of benzene rings is 2. The number of terminal acetylenes is 1. The molecule has 1 unspecified atom stereocenters. The van der Waals surface area contributed by atoms with E-state index in [0.29, 0.717) is 37.5 Å². The van der Waals surface area contributed by atoms with Crippen LogP contribution in [0.2, 0.25) is 0 Å². The molecule has 0 aromatic heterocycles. The van der Waals surface area contributed by atoms with E-state index in [9.17, 15) is 4.79 Å². The molecule has 0 saturated heterocycles. The standard InChI is InChI=1S/C23H27NO4/c1-4-15-28-20-12-11-19(16-21(20)26-3)13-14-24-23(25)22(27-5-2)17-18-9-7-6-8-10-18/h1,6-12,16,22H,5,13-15,17H2,2-3H3,(H,24,25). The van der Waals surface area contributed by atoms with Crippen molar-refractivity contribution in [2.24, 2.45) is 0 Å². The molecule has 1 atom stereocenters. The summed E-state index contributed by atoms with van der Waals surface area (Å²) >= 11 is 0. The van der Waals surface area contributed by atoms with Crippen LogP contribution in [0.5, 0.6) is 11.5 Å². The Hall–Kier alpha value is -2.97. The number of amides is 1. The molecule has 1 N–H and O–H groups in total. The van der Waals surface area contributed by atoms with Gasteiger partial charge in [-0.3, -0.25) is 4.79 Å². The Kier molecular flexibility index (Phi) is 8.90. The van der Waals surface area contributed by atoms with Gasteiger partial charge in [-0.05, 0) is 36.6 Å². The molecule has 5 heteroatoms. The highest BCUT2D eigenvalue weighted by atomic mass is 16.5. The average molecular weight is 381 g/mol. The molecule has 0 saturated carbocycles. The number of methoxy groups -OCH3 is 1. The molecule has 0 aliphatic carbocycles. The number of rotatable bonds is 11. The van der Waals surface area contributed by atoms with Crippen molar-refractivity contribution in [2.45, 2.75) is 25.9 Å². The highest BCUT2D eigenvalue weighted by Crippen LogP contribution is 2.28. The lowest BCUT2D eigenvalue weighted by atomic mass is 10.1.